The molecule has 0 aliphatic heterocycles. The van der Waals surface area contributed by atoms with Gasteiger partial charge in [0.1, 0.15) is 0 Å². The normalized spacial score (nSPS) is 9.41. The van der Waals surface area contributed by atoms with E-state index in [1.165, 1.54) is 13.0 Å². The number of carbonyl (C=O) groups is 2. The van der Waals surface area contributed by atoms with Crippen LogP contribution in [0.4, 0.5) is 0 Å². The Hall–Kier alpha value is -1.38. The Kier molecular flexibility index (Phi) is 13.4. The fraction of sp³-hybridized carbons (Fsp3) is 0.571. The maximum absolute atomic E-state index is 10.5. The first-order chi connectivity index (χ1) is 7.93. The van der Waals surface area contributed by atoms with Crippen LogP contribution >= 0.6 is 0 Å². The number of ketones is 1. The summed E-state index contributed by atoms with van der Waals surface area (Å²) in [5.74, 6) is -0.0311. The van der Waals surface area contributed by atoms with Gasteiger partial charge in [0.2, 0.25) is 0 Å². The lowest BCUT2D eigenvalue weighted by molar-refractivity contribution is -0.143. The average molecular weight is 240 g/mol. The second kappa shape index (κ2) is 12.7. The predicted octanol–water partition coefficient (Wildman–Crippen LogP) is 3.45. The standard InChI is InChI=1S/C7H14O2.C7H10O/c1-3-5-6-9-7(8)4-2;1-6(2)4-5-7(3)8/h3-6H2,1-2H3;4-5H,1H2,2-3H3/b;5-4-. The van der Waals surface area contributed by atoms with Crippen molar-refractivity contribution in [3.63, 3.8) is 0 Å². The van der Waals surface area contributed by atoms with Crippen molar-refractivity contribution in [1.29, 1.82) is 0 Å². The maximum Gasteiger partial charge on any atom is 0.305 e. The Balaban J connectivity index is 0. The predicted molar refractivity (Wildman–Crippen MR) is 70.8 cm³/mol. The molecule has 3 nitrogen and oxygen atoms in total. The first-order valence-electron chi connectivity index (χ1n) is 5.93. The molecule has 0 aromatic heterocycles. The summed E-state index contributed by atoms with van der Waals surface area (Å²) in [6, 6.07) is 0. The minimum Gasteiger partial charge on any atom is -0.466 e. The van der Waals surface area contributed by atoms with Crippen molar-refractivity contribution in [2.24, 2.45) is 0 Å². The van der Waals surface area contributed by atoms with Crippen LogP contribution < -0.4 is 0 Å². The Morgan fingerprint density at radius 3 is 2.06 bits per heavy atom. The fourth-order valence-electron chi connectivity index (χ4n) is 0.692. The largest absolute Gasteiger partial charge is 0.466 e. The zero-order valence-electron chi connectivity index (χ0n) is 11.4. The van der Waals surface area contributed by atoms with Gasteiger partial charge in [0, 0.05) is 6.42 Å². The van der Waals surface area contributed by atoms with Crippen LogP contribution in [0.25, 0.3) is 0 Å². The average Bonchev–Trinajstić information content (AvgIpc) is 2.27. The molecule has 0 N–H and O–H groups in total. The van der Waals surface area contributed by atoms with Gasteiger partial charge in [-0.1, -0.05) is 38.5 Å². The Bertz CT molecular complexity index is 249. The number of allylic oxidation sites excluding steroid dienone is 3. The van der Waals surface area contributed by atoms with Crippen LogP contribution in [0.1, 0.15) is 47.0 Å². The molecule has 0 aromatic carbocycles. The van der Waals surface area contributed by atoms with Gasteiger partial charge >= 0.3 is 5.97 Å². The summed E-state index contributed by atoms with van der Waals surface area (Å²) in [5.41, 5.74) is 0.903. The smallest absolute Gasteiger partial charge is 0.305 e. The lowest BCUT2D eigenvalue weighted by atomic mass is 10.3. The van der Waals surface area contributed by atoms with E-state index >= 15 is 0 Å². The molecule has 0 bridgehead atoms. The molecule has 98 valence electrons. The number of esters is 1. The summed E-state index contributed by atoms with van der Waals surface area (Å²) < 4.78 is 4.79. The summed E-state index contributed by atoms with van der Waals surface area (Å²) in [6.45, 7) is 11.4. The highest BCUT2D eigenvalue weighted by Crippen LogP contribution is 1.90. The Morgan fingerprint density at radius 1 is 1.18 bits per heavy atom. The highest BCUT2D eigenvalue weighted by molar-refractivity contribution is 5.87. The van der Waals surface area contributed by atoms with Gasteiger partial charge in [0.25, 0.3) is 0 Å². The molecule has 17 heavy (non-hydrogen) atoms. The van der Waals surface area contributed by atoms with Crippen molar-refractivity contribution >= 4 is 11.8 Å². The molecule has 0 radical (unpaired) electrons. The topological polar surface area (TPSA) is 43.4 Å². The molecule has 3 heteroatoms. The molecular weight excluding hydrogens is 216 g/mol. The van der Waals surface area contributed by atoms with Crippen LogP contribution in [0.5, 0.6) is 0 Å². The van der Waals surface area contributed by atoms with E-state index in [0.717, 1.165) is 18.4 Å². The lowest BCUT2D eigenvalue weighted by Crippen LogP contribution is -2.02. The van der Waals surface area contributed by atoms with Crippen LogP contribution in [0.3, 0.4) is 0 Å². The summed E-state index contributed by atoms with van der Waals surface area (Å²) in [4.78, 5) is 20.7. The van der Waals surface area contributed by atoms with Crippen LogP contribution in [0, 0.1) is 0 Å². The number of hydrogen-bond donors (Lipinski definition) is 0. The second-order valence-electron chi connectivity index (χ2n) is 3.72. The number of carbonyl (C=O) groups excluding carboxylic acids is 2. The molecule has 0 aliphatic carbocycles. The SMILES string of the molecule is C=C(C)/C=C\C(C)=O.CCCCOC(=O)CC. The number of hydrogen-bond acceptors (Lipinski definition) is 3. The third-order valence-electron chi connectivity index (χ3n) is 1.65. The quantitative estimate of drug-likeness (QED) is 0.309. The molecule has 0 unspecified atom stereocenters. The molecule has 0 fully saturated rings. The van der Waals surface area contributed by atoms with Gasteiger partial charge in [-0.15, -0.1) is 0 Å². The van der Waals surface area contributed by atoms with E-state index in [2.05, 4.69) is 13.5 Å². The third kappa shape index (κ3) is 20.6. The van der Waals surface area contributed by atoms with Crippen LogP contribution in [-0.4, -0.2) is 18.4 Å². The van der Waals surface area contributed by atoms with Crippen molar-refractivity contribution in [3.05, 3.63) is 24.3 Å². The highest BCUT2D eigenvalue weighted by Gasteiger charge is 1.94. The maximum atomic E-state index is 10.5. The van der Waals surface area contributed by atoms with E-state index in [-0.39, 0.29) is 11.8 Å². The minimum absolute atomic E-state index is 0.0630. The zero-order valence-corrected chi connectivity index (χ0v) is 11.4. The van der Waals surface area contributed by atoms with Crippen molar-refractivity contribution < 1.29 is 14.3 Å². The number of rotatable bonds is 6. The summed E-state index contributed by atoms with van der Waals surface area (Å²) in [6.07, 6.45) is 5.75. The van der Waals surface area contributed by atoms with E-state index in [1.54, 1.807) is 13.0 Å². The van der Waals surface area contributed by atoms with Crippen LogP contribution in [-0.2, 0) is 14.3 Å². The van der Waals surface area contributed by atoms with E-state index < -0.39 is 0 Å². The van der Waals surface area contributed by atoms with E-state index in [4.69, 9.17) is 4.74 Å². The van der Waals surface area contributed by atoms with Crippen molar-refractivity contribution in [3.8, 4) is 0 Å². The Morgan fingerprint density at radius 2 is 1.76 bits per heavy atom. The van der Waals surface area contributed by atoms with Gasteiger partial charge in [0.15, 0.2) is 5.78 Å². The highest BCUT2D eigenvalue weighted by atomic mass is 16.5. The molecule has 0 aromatic rings. The molecule has 0 amide bonds. The van der Waals surface area contributed by atoms with E-state index in [0.29, 0.717) is 13.0 Å². The van der Waals surface area contributed by atoms with Crippen LogP contribution in [0.15, 0.2) is 24.3 Å². The zero-order chi connectivity index (χ0) is 13.7. The van der Waals surface area contributed by atoms with Crippen molar-refractivity contribution in [1.82, 2.24) is 0 Å². The van der Waals surface area contributed by atoms with Gasteiger partial charge in [-0.05, 0) is 26.3 Å². The van der Waals surface area contributed by atoms with Gasteiger partial charge in [-0.3, -0.25) is 9.59 Å². The fourth-order valence-corrected chi connectivity index (χ4v) is 0.692. The lowest BCUT2D eigenvalue weighted by Gasteiger charge is -1.99. The minimum atomic E-state index is -0.0940. The molecular formula is C14H24O3. The molecule has 0 heterocycles. The van der Waals surface area contributed by atoms with Crippen molar-refractivity contribution in [2.45, 2.75) is 47.0 Å². The van der Waals surface area contributed by atoms with Gasteiger partial charge in [-0.2, -0.15) is 0 Å². The molecule has 0 rings (SSSR count). The number of ether oxygens (including phenoxy) is 1. The second-order valence-corrected chi connectivity index (χ2v) is 3.72. The summed E-state index contributed by atoms with van der Waals surface area (Å²) >= 11 is 0. The molecule has 0 aliphatic rings. The van der Waals surface area contributed by atoms with Gasteiger partial charge in [0.05, 0.1) is 6.61 Å². The molecule has 0 atom stereocenters. The van der Waals surface area contributed by atoms with Crippen LogP contribution in [0.2, 0.25) is 0 Å². The van der Waals surface area contributed by atoms with Gasteiger partial charge in [-0.25, -0.2) is 0 Å². The van der Waals surface area contributed by atoms with Gasteiger partial charge < -0.3 is 4.74 Å². The van der Waals surface area contributed by atoms with E-state index in [9.17, 15) is 9.59 Å². The Labute approximate surface area is 105 Å². The first kappa shape index (κ1) is 18.0. The third-order valence-corrected chi connectivity index (χ3v) is 1.65. The van der Waals surface area contributed by atoms with Crippen molar-refractivity contribution in [2.75, 3.05) is 6.61 Å². The summed E-state index contributed by atoms with van der Waals surface area (Å²) in [5, 5.41) is 0. The van der Waals surface area contributed by atoms with E-state index in [1.807, 2.05) is 6.92 Å². The summed E-state index contributed by atoms with van der Waals surface area (Å²) in [7, 11) is 0. The first-order valence-corrected chi connectivity index (χ1v) is 5.93. The number of unbranched alkanes of at least 4 members (excludes halogenated alkanes) is 1. The monoisotopic (exact) mass is 240 g/mol. The molecule has 0 spiro atoms. The molecule has 0 saturated carbocycles. The molecule has 0 saturated heterocycles.